The van der Waals surface area contributed by atoms with Crippen LogP contribution >= 0.6 is 0 Å². The zero-order valence-electron chi connectivity index (χ0n) is 10.8. The minimum absolute atomic E-state index is 0.0256. The first-order valence-electron chi connectivity index (χ1n) is 6.10. The summed E-state index contributed by atoms with van der Waals surface area (Å²) >= 11 is 0. The summed E-state index contributed by atoms with van der Waals surface area (Å²) in [6, 6.07) is 4.57. The van der Waals surface area contributed by atoms with Gasteiger partial charge in [0.15, 0.2) is 0 Å². The van der Waals surface area contributed by atoms with E-state index in [1.54, 1.807) is 6.07 Å². The van der Waals surface area contributed by atoms with Crippen molar-refractivity contribution in [2.45, 2.75) is 17.7 Å². The fourth-order valence-corrected chi connectivity index (χ4v) is 2.60. The third-order valence-electron chi connectivity index (χ3n) is 3.55. The SMILES string of the molecule is CNS(=O)(=O)c1ccc(NCC2(CO)CC2)c(N)c1. The number of sulfonamides is 1. The van der Waals surface area contributed by atoms with Crippen LogP contribution in [0.25, 0.3) is 0 Å². The molecule has 0 unspecified atom stereocenters. The predicted molar refractivity (Wildman–Crippen MR) is 74.3 cm³/mol. The van der Waals surface area contributed by atoms with E-state index in [-0.39, 0.29) is 16.9 Å². The van der Waals surface area contributed by atoms with Crippen molar-refractivity contribution in [2.75, 3.05) is 31.2 Å². The number of hydrogen-bond acceptors (Lipinski definition) is 5. The van der Waals surface area contributed by atoms with Crippen LogP contribution in [0.5, 0.6) is 0 Å². The van der Waals surface area contributed by atoms with E-state index in [1.807, 2.05) is 0 Å². The summed E-state index contributed by atoms with van der Waals surface area (Å²) in [5.41, 5.74) is 6.89. The van der Waals surface area contributed by atoms with Gasteiger partial charge in [-0.25, -0.2) is 13.1 Å². The molecule has 1 aromatic rings. The maximum atomic E-state index is 11.6. The van der Waals surface area contributed by atoms with Crippen molar-refractivity contribution >= 4 is 21.4 Å². The van der Waals surface area contributed by atoms with E-state index in [2.05, 4.69) is 10.0 Å². The number of anilines is 2. The molecule has 1 aliphatic rings. The molecule has 5 N–H and O–H groups in total. The Balaban J connectivity index is 2.12. The predicted octanol–water partition coefficient (Wildman–Crippen LogP) is 0.361. The van der Waals surface area contributed by atoms with E-state index < -0.39 is 10.0 Å². The number of nitrogen functional groups attached to an aromatic ring is 1. The Bertz CT molecular complexity index is 568. The van der Waals surface area contributed by atoms with Crippen molar-refractivity contribution in [1.82, 2.24) is 4.72 Å². The fraction of sp³-hybridized carbons (Fsp3) is 0.500. The van der Waals surface area contributed by atoms with Crippen LogP contribution in [0.4, 0.5) is 11.4 Å². The highest BCUT2D eigenvalue weighted by Crippen LogP contribution is 2.45. The summed E-state index contributed by atoms with van der Waals surface area (Å²) in [6.07, 6.45) is 2.01. The van der Waals surface area contributed by atoms with Gasteiger partial charge in [-0.15, -0.1) is 0 Å². The van der Waals surface area contributed by atoms with Gasteiger partial charge in [0.05, 0.1) is 22.9 Å². The molecule has 0 saturated heterocycles. The highest BCUT2D eigenvalue weighted by atomic mass is 32.2. The van der Waals surface area contributed by atoms with Crippen LogP contribution in [-0.2, 0) is 10.0 Å². The van der Waals surface area contributed by atoms with Gasteiger partial charge in [0.1, 0.15) is 0 Å². The first-order valence-corrected chi connectivity index (χ1v) is 7.59. The number of nitrogens with one attached hydrogen (secondary N) is 2. The summed E-state index contributed by atoms with van der Waals surface area (Å²) in [4.78, 5) is 0.140. The monoisotopic (exact) mass is 285 g/mol. The van der Waals surface area contributed by atoms with E-state index in [4.69, 9.17) is 5.73 Å². The quantitative estimate of drug-likeness (QED) is 0.565. The molecule has 0 atom stereocenters. The molecule has 7 heteroatoms. The van der Waals surface area contributed by atoms with Gasteiger partial charge >= 0.3 is 0 Å². The minimum atomic E-state index is -3.47. The molecule has 0 bridgehead atoms. The van der Waals surface area contributed by atoms with E-state index >= 15 is 0 Å². The number of hydrogen-bond donors (Lipinski definition) is 4. The smallest absolute Gasteiger partial charge is 0.240 e. The average Bonchev–Trinajstić information content (AvgIpc) is 3.18. The Labute approximate surface area is 113 Å². The molecule has 19 heavy (non-hydrogen) atoms. The van der Waals surface area contributed by atoms with Crippen LogP contribution in [0.3, 0.4) is 0 Å². The molecule has 0 aromatic heterocycles. The Morgan fingerprint density at radius 3 is 2.58 bits per heavy atom. The van der Waals surface area contributed by atoms with E-state index in [0.717, 1.165) is 12.8 Å². The van der Waals surface area contributed by atoms with Crippen LogP contribution < -0.4 is 15.8 Å². The zero-order valence-corrected chi connectivity index (χ0v) is 11.6. The summed E-state index contributed by atoms with van der Waals surface area (Å²) in [5, 5.41) is 12.4. The van der Waals surface area contributed by atoms with Crippen LogP contribution in [0, 0.1) is 5.41 Å². The fourth-order valence-electron chi connectivity index (χ4n) is 1.84. The lowest BCUT2D eigenvalue weighted by Gasteiger charge is -2.15. The maximum absolute atomic E-state index is 11.6. The van der Waals surface area contributed by atoms with Crippen molar-refractivity contribution in [3.8, 4) is 0 Å². The van der Waals surface area contributed by atoms with Crippen molar-refractivity contribution in [3.05, 3.63) is 18.2 Å². The van der Waals surface area contributed by atoms with E-state index in [0.29, 0.717) is 17.9 Å². The van der Waals surface area contributed by atoms with Crippen molar-refractivity contribution < 1.29 is 13.5 Å². The molecular weight excluding hydrogens is 266 g/mol. The van der Waals surface area contributed by atoms with Gasteiger partial charge < -0.3 is 16.2 Å². The van der Waals surface area contributed by atoms with Gasteiger partial charge in [0, 0.05) is 12.0 Å². The third kappa shape index (κ3) is 2.99. The highest BCUT2D eigenvalue weighted by Gasteiger charge is 2.41. The second-order valence-corrected chi connectivity index (χ2v) is 6.85. The van der Waals surface area contributed by atoms with Gasteiger partial charge in [-0.1, -0.05) is 0 Å². The Kier molecular flexibility index (Phi) is 3.71. The van der Waals surface area contributed by atoms with Gasteiger partial charge in [-0.05, 0) is 38.1 Å². The van der Waals surface area contributed by atoms with Crippen molar-refractivity contribution in [1.29, 1.82) is 0 Å². The lowest BCUT2D eigenvalue weighted by molar-refractivity contribution is 0.220. The topological polar surface area (TPSA) is 104 Å². The van der Waals surface area contributed by atoms with E-state index in [1.165, 1.54) is 19.2 Å². The van der Waals surface area contributed by atoms with Crippen LogP contribution in [0.15, 0.2) is 23.1 Å². The Hall–Kier alpha value is -1.31. The van der Waals surface area contributed by atoms with Gasteiger partial charge in [0.25, 0.3) is 0 Å². The molecule has 0 aliphatic heterocycles. The second-order valence-electron chi connectivity index (χ2n) is 4.97. The van der Waals surface area contributed by atoms with Crippen LogP contribution in [0.1, 0.15) is 12.8 Å². The largest absolute Gasteiger partial charge is 0.397 e. The summed E-state index contributed by atoms with van der Waals surface area (Å²) in [5.74, 6) is 0. The molecule has 6 nitrogen and oxygen atoms in total. The molecule has 1 saturated carbocycles. The lowest BCUT2D eigenvalue weighted by atomic mass is 10.1. The van der Waals surface area contributed by atoms with Crippen molar-refractivity contribution in [3.63, 3.8) is 0 Å². The lowest BCUT2D eigenvalue weighted by Crippen LogP contribution is -2.20. The molecule has 0 heterocycles. The summed E-state index contributed by atoms with van der Waals surface area (Å²) in [7, 11) is -2.11. The molecule has 0 radical (unpaired) electrons. The average molecular weight is 285 g/mol. The summed E-state index contributed by atoms with van der Waals surface area (Å²) < 4.78 is 25.5. The van der Waals surface area contributed by atoms with Gasteiger partial charge in [-0.2, -0.15) is 0 Å². The van der Waals surface area contributed by atoms with Crippen LogP contribution in [0.2, 0.25) is 0 Å². The molecule has 106 valence electrons. The molecule has 1 aliphatic carbocycles. The Morgan fingerprint density at radius 1 is 1.42 bits per heavy atom. The highest BCUT2D eigenvalue weighted by molar-refractivity contribution is 7.89. The first kappa shape index (κ1) is 14.1. The molecule has 2 rings (SSSR count). The Morgan fingerprint density at radius 2 is 2.11 bits per heavy atom. The minimum Gasteiger partial charge on any atom is -0.397 e. The molecule has 1 fully saturated rings. The molecule has 0 amide bonds. The first-order chi connectivity index (χ1) is 8.92. The molecular formula is C12H19N3O3S. The van der Waals surface area contributed by atoms with Crippen molar-refractivity contribution in [2.24, 2.45) is 5.41 Å². The maximum Gasteiger partial charge on any atom is 0.240 e. The standard InChI is InChI=1S/C12H19N3O3S/c1-14-19(17,18)9-2-3-11(10(13)6-9)15-7-12(8-16)4-5-12/h2-3,6,14-16H,4-5,7-8,13H2,1H3. The summed E-state index contributed by atoms with van der Waals surface area (Å²) in [6.45, 7) is 0.804. The zero-order chi connectivity index (χ0) is 14.1. The number of nitrogens with two attached hydrogens (primary N) is 1. The number of rotatable bonds is 6. The third-order valence-corrected chi connectivity index (χ3v) is 4.96. The molecule has 1 aromatic carbocycles. The van der Waals surface area contributed by atoms with Crippen LogP contribution in [-0.4, -0.2) is 33.7 Å². The number of aliphatic hydroxyl groups excluding tert-OH is 1. The van der Waals surface area contributed by atoms with Gasteiger partial charge in [0.2, 0.25) is 10.0 Å². The number of aliphatic hydroxyl groups is 1. The second kappa shape index (κ2) is 4.99. The molecule has 0 spiro atoms. The number of benzene rings is 1. The van der Waals surface area contributed by atoms with Gasteiger partial charge in [-0.3, -0.25) is 0 Å². The normalized spacial score (nSPS) is 17.2. The van der Waals surface area contributed by atoms with E-state index in [9.17, 15) is 13.5 Å².